The Labute approximate surface area is 118 Å². The van der Waals surface area contributed by atoms with Crippen LogP contribution in [0.1, 0.15) is 51.9 Å². The zero-order chi connectivity index (χ0) is 15.2. The van der Waals surface area contributed by atoms with Crippen molar-refractivity contribution in [2.45, 2.75) is 64.1 Å². The average molecular weight is 295 g/mol. The molecule has 3 nitrogen and oxygen atoms in total. The lowest BCUT2D eigenvalue weighted by Crippen LogP contribution is -2.48. The summed E-state index contributed by atoms with van der Waals surface area (Å²) in [5.41, 5.74) is 5.25. The largest absolute Gasteiger partial charge is 0.465 e. The van der Waals surface area contributed by atoms with Crippen LogP contribution in [0.4, 0.5) is 13.2 Å². The standard InChI is InChI=1S/C14H24F3NO2/c1-2-3-8-20-13(19)11(12(18)14(15,16)17)9-10-6-4-5-7-10/h10-12H,2-9,18H2,1H3/t11-,12-/m0/s1. The number of ether oxygens (including phenoxy) is 1. The van der Waals surface area contributed by atoms with Gasteiger partial charge in [-0.2, -0.15) is 13.2 Å². The fourth-order valence-electron chi connectivity index (χ4n) is 2.65. The van der Waals surface area contributed by atoms with Gasteiger partial charge in [0.2, 0.25) is 0 Å². The van der Waals surface area contributed by atoms with Crippen LogP contribution in [0, 0.1) is 11.8 Å². The van der Waals surface area contributed by atoms with Crippen LogP contribution in [0.3, 0.4) is 0 Å². The quantitative estimate of drug-likeness (QED) is 0.578. The minimum Gasteiger partial charge on any atom is -0.465 e. The van der Waals surface area contributed by atoms with E-state index in [1.165, 1.54) is 0 Å². The second kappa shape index (κ2) is 7.86. The summed E-state index contributed by atoms with van der Waals surface area (Å²) in [7, 11) is 0. The molecule has 0 aromatic rings. The Morgan fingerprint density at radius 1 is 1.35 bits per heavy atom. The van der Waals surface area contributed by atoms with Gasteiger partial charge in [0.25, 0.3) is 0 Å². The third-order valence-electron chi connectivity index (χ3n) is 3.92. The minimum atomic E-state index is -4.56. The molecule has 0 unspecified atom stereocenters. The van der Waals surface area contributed by atoms with Crippen molar-refractivity contribution >= 4 is 5.97 Å². The molecule has 1 rings (SSSR count). The zero-order valence-electron chi connectivity index (χ0n) is 11.9. The molecule has 1 aliphatic carbocycles. The van der Waals surface area contributed by atoms with Gasteiger partial charge in [0.15, 0.2) is 0 Å². The Kier molecular flexibility index (Phi) is 6.79. The molecule has 1 aliphatic rings. The fourth-order valence-corrected chi connectivity index (χ4v) is 2.65. The summed E-state index contributed by atoms with van der Waals surface area (Å²) in [5.74, 6) is -1.91. The van der Waals surface area contributed by atoms with Crippen LogP contribution in [0.2, 0.25) is 0 Å². The van der Waals surface area contributed by atoms with E-state index in [1.807, 2.05) is 6.92 Å². The first kappa shape index (κ1) is 17.3. The van der Waals surface area contributed by atoms with Gasteiger partial charge in [-0.15, -0.1) is 0 Å². The molecule has 0 aromatic heterocycles. The van der Waals surface area contributed by atoms with E-state index in [-0.39, 0.29) is 18.9 Å². The number of rotatable bonds is 7. The summed E-state index contributed by atoms with van der Waals surface area (Å²) >= 11 is 0. The summed E-state index contributed by atoms with van der Waals surface area (Å²) < 4.78 is 43.3. The first-order valence-corrected chi connectivity index (χ1v) is 7.35. The van der Waals surface area contributed by atoms with Gasteiger partial charge in [-0.05, 0) is 18.8 Å². The topological polar surface area (TPSA) is 52.3 Å². The molecule has 0 radical (unpaired) electrons. The Morgan fingerprint density at radius 2 is 1.95 bits per heavy atom. The lowest BCUT2D eigenvalue weighted by Gasteiger charge is -2.26. The maximum absolute atomic E-state index is 12.8. The van der Waals surface area contributed by atoms with Crippen LogP contribution in [0.25, 0.3) is 0 Å². The number of nitrogens with two attached hydrogens (primary N) is 1. The molecule has 6 heteroatoms. The van der Waals surface area contributed by atoms with Crippen molar-refractivity contribution in [3.8, 4) is 0 Å². The van der Waals surface area contributed by atoms with Gasteiger partial charge >= 0.3 is 12.1 Å². The predicted octanol–water partition coefficient (Wildman–Crippen LogP) is 3.42. The van der Waals surface area contributed by atoms with E-state index in [2.05, 4.69) is 0 Å². The fraction of sp³-hybridized carbons (Fsp3) is 0.929. The molecule has 1 fully saturated rings. The number of unbranched alkanes of at least 4 members (excludes halogenated alkanes) is 1. The monoisotopic (exact) mass is 295 g/mol. The number of halogens is 3. The molecular weight excluding hydrogens is 271 g/mol. The zero-order valence-corrected chi connectivity index (χ0v) is 11.9. The van der Waals surface area contributed by atoms with Gasteiger partial charge in [0.1, 0.15) is 6.04 Å². The molecule has 2 atom stereocenters. The molecule has 118 valence electrons. The molecule has 0 aromatic carbocycles. The molecule has 0 aliphatic heterocycles. The van der Waals surface area contributed by atoms with E-state index >= 15 is 0 Å². The van der Waals surface area contributed by atoms with Gasteiger partial charge in [-0.25, -0.2) is 0 Å². The maximum atomic E-state index is 12.8. The van der Waals surface area contributed by atoms with Crippen molar-refractivity contribution in [3.63, 3.8) is 0 Å². The maximum Gasteiger partial charge on any atom is 0.404 e. The highest BCUT2D eigenvalue weighted by atomic mass is 19.4. The van der Waals surface area contributed by atoms with Gasteiger partial charge in [-0.1, -0.05) is 39.0 Å². The van der Waals surface area contributed by atoms with E-state index in [0.717, 1.165) is 32.1 Å². The summed E-state index contributed by atoms with van der Waals surface area (Å²) in [6.45, 7) is 2.09. The second-order valence-electron chi connectivity index (χ2n) is 5.58. The van der Waals surface area contributed by atoms with E-state index in [4.69, 9.17) is 10.5 Å². The Hall–Kier alpha value is -0.780. The Bertz CT molecular complexity index is 301. The highest BCUT2D eigenvalue weighted by molar-refractivity contribution is 5.73. The van der Waals surface area contributed by atoms with Crippen LogP contribution in [0.5, 0.6) is 0 Å². The van der Waals surface area contributed by atoms with Gasteiger partial charge in [-0.3, -0.25) is 4.79 Å². The molecule has 2 N–H and O–H groups in total. The molecule has 0 heterocycles. The number of hydrogen-bond donors (Lipinski definition) is 1. The highest BCUT2D eigenvalue weighted by Crippen LogP contribution is 2.35. The van der Waals surface area contributed by atoms with Gasteiger partial charge in [0.05, 0.1) is 12.5 Å². The van der Waals surface area contributed by atoms with Crippen molar-refractivity contribution in [3.05, 3.63) is 0 Å². The van der Waals surface area contributed by atoms with Crippen LogP contribution in [-0.4, -0.2) is 24.8 Å². The van der Waals surface area contributed by atoms with Crippen LogP contribution in [0.15, 0.2) is 0 Å². The Balaban J connectivity index is 2.64. The van der Waals surface area contributed by atoms with Crippen LogP contribution >= 0.6 is 0 Å². The summed E-state index contributed by atoms with van der Waals surface area (Å²) in [6.07, 6.45) is 0.896. The number of carbonyl (C=O) groups excluding carboxylic acids is 1. The third kappa shape index (κ3) is 5.31. The van der Waals surface area contributed by atoms with Crippen LogP contribution < -0.4 is 5.73 Å². The SMILES string of the molecule is CCCCOC(=O)[C@@H](CC1CCCC1)[C@H](N)C(F)(F)F. The molecule has 0 bridgehead atoms. The normalized spacial score (nSPS) is 19.9. The minimum absolute atomic E-state index is 0.159. The van der Waals surface area contributed by atoms with E-state index in [9.17, 15) is 18.0 Å². The first-order valence-electron chi connectivity index (χ1n) is 7.35. The number of hydrogen-bond acceptors (Lipinski definition) is 3. The van der Waals surface area contributed by atoms with Crippen molar-refractivity contribution in [1.82, 2.24) is 0 Å². The molecular formula is C14H24F3NO2. The number of alkyl halides is 3. The van der Waals surface area contributed by atoms with Crippen LogP contribution in [-0.2, 0) is 9.53 Å². The van der Waals surface area contributed by atoms with E-state index in [0.29, 0.717) is 6.42 Å². The lowest BCUT2D eigenvalue weighted by atomic mass is 9.88. The number of esters is 1. The summed E-state index contributed by atoms with van der Waals surface area (Å²) in [6, 6.07) is -2.13. The second-order valence-corrected chi connectivity index (χ2v) is 5.58. The predicted molar refractivity (Wildman–Crippen MR) is 70.0 cm³/mol. The lowest BCUT2D eigenvalue weighted by molar-refractivity contribution is -0.177. The molecule has 0 amide bonds. The van der Waals surface area contributed by atoms with Crippen molar-refractivity contribution in [1.29, 1.82) is 0 Å². The van der Waals surface area contributed by atoms with Crippen molar-refractivity contribution in [2.24, 2.45) is 17.6 Å². The third-order valence-corrected chi connectivity index (χ3v) is 3.92. The molecule has 1 saturated carbocycles. The number of carbonyl (C=O) groups is 1. The molecule has 0 spiro atoms. The summed E-state index contributed by atoms with van der Waals surface area (Å²) in [5, 5.41) is 0. The highest BCUT2D eigenvalue weighted by Gasteiger charge is 2.46. The van der Waals surface area contributed by atoms with Gasteiger partial charge in [0, 0.05) is 0 Å². The summed E-state index contributed by atoms with van der Waals surface area (Å²) in [4.78, 5) is 11.9. The first-order chi connectivity index (χ1) is 9.36. The average Bonchev–Trinajstić information content (AvgIpc) is 2.87. The van der Waals surface area contributed by atoms with E-state index < -0.39 is 24.1 Å². The van der Waals surface area contributed by atoms with Crippen molar-refractivity contribution < 1.29 is 22.7 Å². The van der Waals surface area contributed by atoms with Crippen molar-refractivity contribution in [2.75, 3.05) is 6.61 Å². The smallest absolute Gasteiger partial charge is 0.404 e. The molecule has 20 heavy (non-hydrogen) atoms. The molecule has 0 saturated heterocycles. The Morgan fingerprint density at radius 3 is 2.45 bits per heavy atom. The van der Waals surface area contributed by atoms with E-state index in [1.54, 1.807) is 0 Å². The van der Waals surface area contributed by atoms with Gasteiger partial charge < -0.3 is 10.5 Å².